The summed E-state index contributed by atoms with van der Waals surface area (Å²) in [5, 5.41) is 15.6. The minimum atomic E-state index is -0.296. The molecule has 1 aliphatic heterocycles. The highest BCUT2D eigenvalue weighted by Gasteiger charge is 2.31. The van der Waals surface area contributed by atoms with Gasteiger partial charge in [-0.2, -0.15) is 0 Å². The van der Waals surface area contributed by atoms with Crippen molar-refractivity contribution in [1.29, 1.82) is 0 Å². The number of methoxy groups -OCH3 is 1. The van der Waals surface area contributed by atoms with E-state index in [9.17, 15) is 14.7 Å². The average molecular weight is 446 g/mol. The van der Waals surface area contributed by atoms with Gasteiger partial charge in [-0.15, -0.1) is 0 Å². The van der Waals surface area contributed by atoms with E-state index in [2.05, 4.69) is 27.7 Å². The molecule has 7 nitrogen and oxygen atoms in total. The second-order valence-electron chi connectivity index (χ2n) is 7.78. The van der Waals surface area contributed by atoms with Crippen molar-refractivity contribution in [3.05, 3.63) is 58.6 Å². The molecule has 2 atom stereocenters. The van der Waals surface area contributed by atoms with E-state index in [-0.39, 0.29) is 35.4 Å². The zero-order valence-electron chi connectivity index (χ0n) is 17.7. The predicted octanol–water partition coefficient (Wildman–Crippen LogP) is 2.92. The largest absolute Gasteiger partial charge is 0.496 e. The molecule has 0 unspecified atom stereocenters. The van der Waals surface area contributed by atoms with Crippen molar-refractivity contribution in [2.75, 3.05) is 32.1 Å². The molecule has 1 heterocycles. The number of aliphatic hydroxyl groups excluding tert-OH is 1. The number of likely N-dealkylation sites (tertiary alicyclic amines) is 1. The van der Waals surface area contributed by atoms with Crippen LogP contribution in [0.4, 0.5) is 5.69 Å². The first-order chi connectivity index (χ1) is 14.9. The molecule has 31 heavy (non-hydrogen) atoms. The normalized spacial score (nSPS) is 18.6. The van der Waals surface area contributed by atoms with Crippen molar-refractivity contribution in [1.82, 2.24) is 10.2 Å². The van der Waals surface area contributed by atoms with Gasteiger partial charge in [-0.3, -0.25) is 14.5 Å². The Labute approximate surface area is 187 Å². The lowest BCUT2D eigenvalue weighted by atomic mass is 10.1. The lowest BCUT2D eigenvalue weighted by Crippen LogP contribution is -2.32. The number of nitrogens with zero attached hydrogens (tertiary/aromatic N) is 1. The van der Waals surface area contributed by atoms with Crippen LogP contribution in [0.1, 0.15) is 29.3 Å². The summed E-state index contributed by atoms with van der Waals surface area (Å²) in [5.74, 6) is -0.00277. The predicted molar refractivity (Wildman–Crippen MR) is 120 cm³/mol. The van der Waals surface area contributed by atoms with Crippen LogP contribution in [-0.2, 0) is 11.3 Å². The Morgan fingerprint density at radius 1 is 1.26 bits per heavy atom. The standard InChI is InChI=1S/C23H28ClN3O4/c1-15(29)26-21-10-22(31-2)19(9-20(21)24)23(30)25-11-17-8-18(14-28)27(13-17)12-16-6-4-3-5-7-16/h3-7,9-10,17-18,28H,8,11-14H2,1-2H3,(H,25,30)(H,26,29)/t17-,18+/m1/s1. The van der Waals surface area contributed by atoms with Crippen LogP contribution in [0.15, 0.2) is 42.5 Å². The van der Waals surface area contributed by atoms with Gasteiger partial charge in [0.15, 0.2) is 0 Å². The molecule has 8 heteroatoms. The maximum Gasteiger partial charge on any atom is 0.255 e. The molecule has 0 aromatic heterocycles. The van der Waals surface area contributed by atoms with Gasteiger partial charge in [0, 0.05) is 38.7 Å². The molecule has 3 N–H and O–H groups in total. The fraction of sp³-hybridized carbons (Fsp3) is 0.391. The molecule has 0 bridgehead atoms. The zero-order valence-corrected chi connectivity index (χ0v) is 18.5. The highest BCUT2D eigenvalue weighted by atomic mass is 35.5. The van der Waals surface area contributed by atoms with Crippen LogP contribution in [0.5, 0.6) is 5.75 Å². The molecule has 2 aromatic rings. The van der Waals surface area contributed by atoms with Crippen molar-refractivity contribution >= 4 is 29.1 Å². The molecule has 1 fully saturated rings. The number of rotatable bonds is 8. The fourth-order valence-electron chi connectivity index (χ4n) is 3.96. The summed E-state index contributed by atoms with van der Waals surface area (Å²) in [6.45, 7) is 3.51. The highest BCUT2D eigenvalue weighted by Crippen LogP contribution is 2.31. The van der Waals surface area contributed by atoms with Gasteiger partial charge in [0.1, 0.15) is 5.75 Å². The van der Waals surface area contributed by atoms with E-state index in [0.29, 0.717) is 23.5 Å². The van der Waals surface area contributed by atoms with Gasteiger partial charge in [-0.25, -0.2) is 0 Å². The Morgan fingerprint density at radius 3 is 2.65 bits per heavy atom. The smallest absolute Gasteiger partial charge is 0.255 e. The van der Waals surface area contributed by atoms with Crippen LogP contribution in [-0.4, -0.2) is 54.7 Å². The van der Waals surface area contributed by atoms with E-state index < -0.39 is 0 Å². The number of hydrogen-bond acceptors (Lipinski definition) is 5. The number of benzene rings is 2. The average Bonchev–Trinajstić information content (AvgIpc) is 3.15. The lowest BCUT2D eigenvalue weighted by molar-refractivity contribution is -0.114. The van der Waals surface area contributed by atoms with Crippen LogP contribution in [0.3, 0.4) is 0 Å². The molecule has 0 spiro atoms. The molecule has 0 aliphatic carbocycles. The third-order valence-electron chi connectivity index (χ3n) is 5.45. The topological polar surface area (TPSA) is 90.9 Å². The summed E-state index contributed by atoms with van der Waals surface area (Å²) in [5.41, 5.74) is 1.89. The first-order valence-corrected chi connectivity index (χ1v) is 10.6. The Morgan fingerprint density at radius 2 is 2.00 bits per heavy atom. The number of halogens is 1. The molecule has 0 saturated carbocycles. The summed E-state index contributed by atoms with van der Waals surface area (Å²) in [4.78, 5) is 26.4. The first kappa shape index (κ1) is 23.1. The monoisotopic (exact) mass is 445 g/mol. The molecule has 3 rings (SSSR count). The maximum absolute atomic E-state index is 12.8. The minimum absolute atomic E-state index is 0.0722. The first-order valence-electron chi connectivity index (χ1n) is 10.2. The summed E-state index contributed by atoms with van der Waals surface area (Å²) < 4.78 is 5.32. The number of carbonyl (C=O) groups excluding carboxylic acids is 2. The Kier molecular flexibility index (Phi) is 7.90. The number of nitrogens with one attached hydrogen (secondary N) is 2. The molecule has 1 aliphatic rings. The van der Waals surface area contributed by atoms with Crippen LogP contribution in [0, 0.1) is 5.92 Å². The Hall–Kier alpha value is -2.61. The lowest BCUT2D eigenvalue weighted by Gasteiger charge is -2.22. The van der Waals surface area contributed by atoms with Crippen molar-refractivity contribution < 1.29 is 19.4 Å². The fourth-order valence-corrected chi connectivity index (χ4v) is 4.17. The van der Waals surface area contributed by atoms with E-state index >= 15 is 0 Å². The van der Waals surface area contributed by atoms with Crippen molar-refractivity contribution in [2.45, 2.75) is 25.9 Å². The van der Waals surface area contributed by atoms with Crippen LogP contribution in [0.2, 0.25) is 5.02 Å². The van der Waals surface area contributed by atoms with Gasteiger partial charge >= 0.3 is 0 Å². The van der Waals surface area contributed by atoms with E-state index in [1.54, 1.807) is 0 Å². The summed E-state index contributed by atoms with van der Waals surface area (Å²) in [6.07, 6.45) is 0.809. The van der Waals surface area contributed by atoms with E-state index in [1.165, 1.54) is 31.7 Å². The summed E-state index contributed by atoms with van der Waals surface area (Å²) in [6, 6.07) is 13.3. The number of carbonyl (C=O) groups is 2. The van der Waals surface area contributed by atoms with E-state index in [0.717, 1.165) is 19.5 Å². The summed E-state index contributed by atoms with van der Waals surface area (Å²) in [7, 11) is 1.46. The van der Waals surface area contributed by atoms with Gasteiger partial charge in [-0.1, -0.05) is 41.9 Å². The number of anilines is 1. The third-order valence-corrected chi connectivity index (χ3v) is 5.76. The Bertz CT molecular complexity index is 923. The minimum Gasteiger partial charge on any atom is -0.496 e. The van der Waals surface area contributed by atoms with Crippen molar-refractivity contribution in [3.63, 3.8) is 0 Å². The van der Waals surface area contributed by atoms with Crippen LogP contribution in [0.25, 0.3) is 0 Å². The van der Waals surface area contributed by atoms with E-state index in [1.807, 2.05) is 18.2 Å². The number of ether oxygens (including phenoxy) is 1. The molecule has 2 aromatic carbocycles. The van der Waals surface area contributed by atoms with Crippen molar-refractivity contribution in [3.8, 4) is 5.75 Å². The third kappa shape index (κ3) is 5.97. The SMILES string of the molecule is COc1cc(NC(C)=O)c(Cl)cc1C(=O)NC[C@H]1C[C@@H](CO)N(Cc2ccccc2)C1. The van der Waals surface area contributed by atoms with E-state index in [4.69, 9.17) is 16.3 Å². The number of amides is 2. The highest BCUT2D eigenvalue weighted by molar-refractivity contribution is 6.34. The van der Waals surface area contributed by atoms with Gasteiger partial charge in [0.05, 0.1) is 30.0 Å². The summed E-state index contributed by atoms with van der Waals surface area (Å²) >= 11 is 6.22. The van der Waals surface area contributed by atoms with Crippen molar-refractivity contribution in [2.24, 2.45) is 5.92 Å². The number of aliphatic hydroxyl groups is 1. The van der Waals surface area contributed by atoms with Gasteiger partial charge in [-0.05, 0) is 24.0 Å². The van der Waals surface area contributed by atoms with Crippen LogP contribution >= 0.6 is 11.6 Å². The zero-order chi connectivity index (χ0) is 22.4. The second-order valence-corrected chi connectivity index (χ2v) is 8.18. The quantitative estimate of drug-likeness (QED) is 0.581. The Balaban J connectivity index is 1.62. The molecule has 166 valence electrons. The van der Waals surface area contributed by atoms with Gasteiger partial charge < -0.3 is 20.5 Å². The maximum atomic E-state index is 12.8. The second kappa shape index (κ2) is 10.6. The van der Waals surface area contributed by atoms with Crippen LogP contribution < -0.4 is 15.4 Å². The van der Waals surface area contributed by atoms with Gasteiger partial charge in [0.25, 0.3) is 5.91 Å². The van der Waals surface area contributed by atoms with Gasteiger partial charge in [0.2, 0.25) is 5.91 Å². The molecule has 1 saturated heterocycles. The number of hydrogen-bond donors (Lipinski definition) is 3. The molecule has 0 radical (unpaired) electrons. The molecular weight excluding hydrogens is 418 g/mol. The molecular formula is C23H28ClN3O4. The molecule has 2 amide bonds.